The number of hydrazone groups is 1. The molecule has 9 nitrogen and oxygen atoms in total. The summed E-state index contributed by atoms with van der Waals surface area (Å²) in [5.41, 5.74) is 5.16. The number of aryl methyl sites for hydroxylation is 1. The van der Waals surface area contributed by atoms with Crippen LogP contribution in [0.25, 0.3) is 0 Å². The third kappa shape index (κ3) is 8.27. The third-order valence-electron chi connectivity index (χ3n) is 6.23. The Kier molecular flexibility index (Phi) is 10.6. The molecule has 1 N–H and O–H groups in total. The van der Waals surface area contributed by atoms with Gasteiger partial charge in [0.15, 0.2) is 11.5 Å². The molecule has 1 amide bonds. The molecule has 11 heteroatoms. The molecule has 0 atom stereocenters. The van der Waals surface area contributed by atoms with Crippen molar-refractivity contribution in [3.8, 4) is 17.2 Å². The number of nitrogens with zero attached hydrogens (tertiary/aromatic N) is 2. The molecule has 4 aromatic carbocycles. The summed E-state index contributed by atoms with van der Waals surface area (Å²) in [6.07, 6.45) is 1.43. The predicted octanol–water partition coefficient (Wildman–Crippen LogP) is 5.98. The molecular weight excluding hydrogens is 590 g/mol. The highest BCUT2D eigenvalue weighted by Gasteiger charge is 2.28. The average molecular weight is 622 g/mol. The smallest absolute Gasteiger partial charge is 0.264 e. The van der Waals surface area contributed by atoms with Gasteiger partial charge in [0.25, 0.3) is 15.9 Å². The highest BCUT2D eigenvalue weighted by Crippen LogP contribution is 2.32. The second kappa shape index (κ2) is 14.6. The summed E-state index contributed by atoms with van der Waals surface area (Å²) >= 11 is 6.29. The number of rotatable bonds is 13. The number of ether oxygens (including phenoxy) is 3. The maximum atomic E-state index is 13.6. The van der Waals surface area contributed by atoms with Crippen molar-refractivity contribution in [3.05, 3.63) is 113 Å². The Morgan fingerprint density at radius 1 is 0.930 bits per heavy atom. The van der Waals surface area contributed by atoms with Gasteiger partial charge in [0.2, 0.25) is 0 Å². The van der Waals surface area contributed by atoms with Crippen molar-refractivity contribution >= 4 is 39.4 Å². The number of hydrogen-bond donors (Lipinski definition) is 1. The van der Waals surface area contributed by atoms with Crippen molar-refractivity contribution in [2.24, 2.45) is 5.10 Å². The molecule has 4 rings (SSSR count). The first-order valence-corrected chi connectivity index (χ1v) is 15.2. The average Bonchev–Trinajstić information content (AvgIpc) is 3.00. The van der Waals surface area contributed by atoms with Gasteiger partial charge in [-0.25, -0.2) is 13.8 Å². The zero-order valence-corrected chi connectivity index (χ0v) is 25.6. The second-order valence-electron chi connectivity index (χ2n) is 9.35. The van der Waals surface area contributed by atoms with E-state index in [1.165, 1.54) is 43.7 Å². The number of methoxy groups -OCH3 is 1. The van der Waals surface area contributed by atoms with Crippen molar-refractivity contribution in [1.82, 2.24) is 5.43 Å². The monoisotopic (exact) mass is 621 g/mol. The van der Waals surface area contributed by atoms with E-state index in [-0.39, 0.29) is 15.6 Å². The lowest BCUT2D eigenvalue weighted by Crippen LogP contribution is -2.39. The van der Waals surface area contributed by atoms with Gasteiger partial charge in [-0.1, -0.05) is 59.6 Å². The molecule has 0 radical (unpaired) electrons. The Morgan fingerprint density at radius 3 is 2.33 bits per heavy atom. The first-order valence-electron chi connectivity index (χ1n) is 13.4. The van der Waals surface area contributed by atoms with Gasteiger partial charge >= 0.3 is 0 Å². The molecule has 224 valence electrons. The van der Waals surface area contributed by atoms with Crippen molar-refractivity contribution in [2.75, 3.05) is 24.6 Å². The fraction of sp³-hybridized carbons (Fsp3) is 0.188. The van der Waals surface area contributed by atoms with Gasteiger partial charge in [-0.15, -0.1) is 0 Å². The molecule has 0 aliphatic rings. The molecule has 0 aliphatic heterocycles. The van der Waals surface area contributed by atoms with Crippen LogP contribution in [0.3, 0.4) is 0 Å². The quantitative estimate of drug-likeness (QED) is 0.145. The van der Waals surface area contributed by atoms with Gasteiger partial charge in [0, 0.05) is 0 Å². The molecule has 0 bridgehead atoms. The van der Waals surface area contributed by atoms with E-state index in [2.05, 4.69) is 10.5 Å². The molecule has 0 saturated heterocycles. The Balaban J connectivity index is 1.50. The maximum absolute atomic E-state index is 13.6. The minimum absolute atomic E-state index is 0.0272. The minimum atomic E-state index is -4.13. The zero-order chi connectivity index (χ0) is 30.8. The van der Waals surface area contributed by atoms with E-state index in [1.54, 1.807) is 30.3 Å². The normalized spacial score (nSPS) is 11.3. The maximum Gasteiger partial charge on any atom is 0.264 e. The van der Waals surface area contributed by atoms with E-state index < -0.39 is 22.5 Å². The number of nitrogens with one attached hydrogen (secondary N) is 1. The van der Waals surface area contributed by atoms with Crippen molar-refractivity contribution in [2.45, 2.75) is 25.3 Å². The van der Waals surface area contributed by atoms with Gasteiger partial charge in [-0.2, -0.15) is 5.10 Å². The standard InChI is InChI=1S/C32H32ClN3O6S/c1-4-41-31-18-25(12-16-30(31)42-22-24-8-6-5-7-9-24)20-34-35-32(37)21-36(26-13-17-29(40-3)28(33)19-26)43(38,39)27-14-10-23(2)11-15-27/h5-20H,4,21-22H2,1-3H3,(H,35,37)/b34-20-. The fourth-order valence-electron chi connectivity index (χ4n) is 4.04. The molecule has 0 aliphatic carbocycles. The number of benzene rings is 4. The Hall–Kier alpha value is -4.54. The Labute approximate surface area is 256 Å². The SMILES string of the molecule is CCOc1cc(/C=N\NC(=O)CN(c2ccc(OC)c(Cl)c2)S(=O)(=O)c2ccc(C)cc2)ccc1OCc1ccccc1. The van der Waals surface area contributed by atoms with Gasteiger partial charge in [-0.3, -0.25) is 9.10 Å². The van der Waals surface area contributed by atoms with Crippen LogP contribution in [-0.4, -0.2) is 40.8 Å². The molecule has 0 saturated carbocycles. The summed E-state index contributed by atoms with van der Waals surface area (Å²) in [5, 5.41) is 4.23. The number of amides is 1. The first kappa shape index (κ1) is 31.4. The summed E-state index contributed by atoms with van der Waals surface area (Å²) in [5.74, 6) is 0.809. The van der Waals surface area contributed by atoms with Crippen LogP contribution in [0.15, 0.2) is 101 Å². The van der Waals surface area contributed by atoms with Crippen LogP contribution in [-0.2, 0) is 21.4 Å². The third-order valence-corrected chi connectivity index (χ3v) is 8.31. The highest BCUT2D eigenvalue weighted by atomic mass is 35.5. The van der Waals surface area contributed by atoms with Crippen LogP contribution in [0.4, 0.5) is 5.69 Å². The van der Waals surface area contributed by atoms with Gasteiger partial charge in [0.05, 0.1) is 35.5 Å². The first-order chi connectivity index (χ1) is 20.7. The number of sulfonamides is 1. The number of halogens is 1. The fourth-order valence-corrected chi connectivity index (χ4v) is 5.70. The Bertz CT molecular complexity index is 1680. The predicted molar refractivity (Wildman–Crippen MR) is 168 cm³/mol. The molecular formula is C32H32ClN3O6S. The van der Waals surface area contributed by atoms with Crippen molar-refractivity contribution < 1.29 is 27.4 Å². The van der Waals surface area contributed by atoms with Crippen LogP contribution in [0.2, 0.25) is 5.02 Å². The van der Waals surface area contributed by atoms with E-state index in [0.29, 0.717) is 36.0 Å². The summed E-state index contributed by atoms with van der Waals surface area (Å²) in [4.78, 5) is 13.0. The summed E-state index contributed by atoms with van der Waals surface area (Å²) in [6, 6.07) is 25.9. The van der Waals surface area contributed by atoms with Crippen LogP contribution >= 0.6 is 11.6 Å². The lowest BCUT2D eigenvalue weighted by atomic mass is 10.2. The van der Waals surface area contributed by atoms with E-state index in [4.69, 9.17) is 25.8 Å². The molecule has 43 heavy (non-hydrogen) atoms. The summed E-state index contributed by atoms with van der Waals surface area (Å²) in [7, 11) is -2.68. The number of hydrogen-bond acceptors (Lipinski definition) is 7. The van der Waals surface area contributed by atoms with Crippen molar-refractivity contribution in [3.63, 3.8) is 0 Å². The summed E-state index contributed by atoms with van der Waals surface area (Å²) in [6.45, 7) is 3.98. The molecule has 0 heterocycles. The Morgan fingerprint density at radius 2 is 1.65 bits per heavy atom. The highest BCUT2D eigenvalue weighted by molar-refractivity contribution is 7.92. The molecule has 0 spiro atoms. The van der Waals surface area contributed by atoms with Gasteiger partial charge in [-0.05, 0) is 73.5 Å². The van der Waals surface area contributed by atoms with Crippen LogP contribution in [0.1, 0.15) is 23.6 Å². The lowest BCUT2D eigenvalue weighted by molar-refractivity contribution is -0.119. The summed E-state index contributed by atoms with van der Waals surface area (Å²) < 4.78 is 45.1. The number of carbonyl (C=O) groups is 1. The van der Waals surface area contributed by atoms with E-state index in [9.17, 15) is 13.2 Å². The zero-order valence-electron chi connectivity index (χ0n) is 24.0. The van der Waals surface area contributed by atoms with Crippen LogP contribution < -0.4 is 23.9 Å². The molecule has 0 aromatic heterocycles. The van der Waals surface area contributed by atoms with E-state index in [1.807, 2.05) is 44.2 Å². The molecule has 0 unspecified atom stereocenters. The number of carbonyl (C=O) groups excluding carboxylic acids is 1. The molecule has 0 fully saturated rings. The number of anilines is 1. The van der Waals surface area contributed by atoms with E-state index >= 15 is 0 Å². The van der Waals surface area contributed by atoms with Gasteiger partial charge < -0.3 is 14.2 Å². The van der Waals surface area contributed by atoms with Crippen molar-refractivity contribution in [1.29, 1.82) is 0 Å². The van der Waals surface area contributed by atoms with E-state index in [0.717, 1.165) is 15.4 Å². The molecule has 4 aromatic rings. The minimum Gasteiger partial charge on any atom is -0.495 e. The topological polar surface area (TPSA) is 107 Å². The lowest BCUT2D eigenvalue weighted by Gasteiger charge is -2.24. The van der Waals surface area contributed by atoms with Gasteiger partial charge in [0.1, 0.15) is 18.9 Å². The second-order valence-corrected chi connectivity index (χ2v) is 11.6. The van der Waals surface area contributed by atoms with Crippen LogP contribution in [0, 0.1) is 6.92 Å². The largest absolute Gasteiger partial charge is 0.495 e. The van der Waals surface area contributed by atoms with Crippen LogP contribution in [0.5, 0.6) is 17.2 Å².